The zero-order chi connectivity index (χ0) is 13.2. The monoisotopic (exact) mass is 272 g/mol. The number of anilines is 2. The topological polar surface area (TPSA) is 32.3 Å². The molecular weight excluding hydrogens is 260 g/mol. The highest BCUT2D eigenvalue weighted by Gasteiger charge is 2.21. The van der Waals surface area contributed by atoms with Crippen molar-refractivity contribution >= 4 is 28.9 Å². The minimum absolute atomic E-state index is 0.0210. The van der Waals surface area contributed by atoms with Gasteiger partial charge in [-0.1, -0.05) is 35.9 Å². The second kappa shape index (κ2) is 4.94. The van der Waals surface area contributed by atoms with Crippen LogP contribution >= 0.6 is 11.6 Å². The lowest BCUT2D eigenvalue weighted by Gasteiger charge is -2.30. The fraction of sp³-hybridized carbons (Fsp3) is 0.133. The van der Waals surface area contributed by atoms with Crippen LogP contribution in [0.15, 0.2) is 48.5 Å². The fourth-order valence-electron chi connectivity index (χ4n) is 2.25. The van der Waals surface area contributed by atoms with Crippen LogP contribution in [0.25, 0.3) is 0 Å². The molecule has 0 aromatic heterocycles. The lowest BCUT2D eigenvalue weighted by atomic mass is 10.1. The van der Waals surface area contributed by atoms with E-state index in [-0.39, 0.29) is 5.91 Å². The van der Waals surface area contributed by atoms with E-state index in [0.29, 0.717) is 13.1 Å². The third-order valence-corrected chi connectivity index (χ3v) is 3.39. The SMILES string of the molecule is O=C1CN(Cc2ccc(Cl)cc2)c2ccccc2N1. The quantitative estimate of drug-likeness (QED) is 0.910. The zero-order valence-corrected chi connectivity index (χ0v) is 11.0. The number of nitrogens with one attached hydrogen (secondary N) is 1. The van der Waals surface area contributed by atoms with Crippen LogP contribution in [-0.4, -0.2) is 12.5 Å². The van der Waals surface area contributed by atoms with Crippen molar-refractivity contribution in [1.82, 2.24) is 0 Å². The minimum Gasteiger partial charge on any atom is -0.356 e. The van der Waals surface area contributed by atoms with Gasteiger partial charge in [0.05, 0.1) is 17.9 Å². The van der Waals surface area contributed by atoms with Crippen molar-refractivity contribution < 1.29 is 4.79 Å². The molecule has 1 N–H and O–H groups in total. The Balaban J connectivity index is 1.89. The highest BCUT2D eigenvalue weighted by atomic mass is 35.5. The van der Waals surface area contributed by atoms with Gasteiger partial charge in [-0.3, -0.25) is 4.79 Å². The van der Waals surface area contributed by atoms with Crippen molar-refractivity contribution in [3.8, 4) is 0 Å². The molecule has 0 spiro atoms. The van der Waals surface area contributed by atoms with E-state index in [4.69, 9.17) is 11.6 Å². The Morgan fingerprint density at radius 1 is 1.11 bits per heavy atom. The Morgan fingerprint density at radius 2 is 1.84 bits per heavy atom. The van der Waals surface area contributed by atoms with Crippen LogP contribution in [0.5, 0.6) is 0 Å². The van der Waals surface area contributed by atoms with Gasteiger partial charge in [0.2, 0.25) is 5.91 Å². The summed E-state index contributed by atoms with van der Waals surface area (Å²) in [6, 6.07) is 15.5. The molecule has 19 heavy (non-hydrogen) atoms. The van der Waals surface area contributed by atoms with Gasteiger partial charge in [-0.15, -0.1) is 0 Å². The zero-order valence-electron chi connectivity index (χ0n) is 10.3. The molecule has 0 radical (unpaired) electrons. The van der Waals surface area contributed by atoms with Crippen LogP contribution in [0, 0.1) is 0 Å². The fourth-order valence-corrected chi connectivity index (χ4v) is 2.38. The molecule has 0 unspecified atom stereocenters. The summed E-state index contributed by atoms with van der Waals surface area (Å²) in [6.45, 7) is 1.07. The van der Waals surface area contributed by atoms with Gasteiger partial charge in [-0.05, 0) is 29.8 Å². The van der Waals surface area contributed by atoms with Crippen molar-refractivity contribution in [1.29, 1.82) is 0 Å². The highest BCUT2D eigenvalue weighted by Crippen LogP contribution is 2.30. The molecule has 3 rings (SSSR count). The van der Waals surface area contributed by atoms with Crippen molar-refractivity contribution in [3.05, 3.63) is 59.1 Å². The Bertz CT molecular complexity index is 610. The maximum Gasteiger partial charge on any atom is 0.243 e. The first-order valence-electron chi connectivity index (χ1n) is 6.10. The summed E-state index contributed by atoms with van der Waals surface area (Å²) in [7, 11) is 0. The number of benzene rings is 2. The van der Waals surface area contributed by atoms with Crippen molar-refractivity contribution in [3.63, 3.8) is 0 Å². The number of amides is 1. The number of carbonyl (C=O) groups excluding carboxylic acids is 1. The first kappa shape index (κ1) is 12.1. The van der Waals surface area contributed by atoms with Crippen LogP contribution < -0.4 is 10.2 Å². The maximum atomic E-state index is 11.7. The first-order valence-corrected chi connectivity index (χ1v) is 6.48. The standard InChI is InChI=1S/C15H13ClN2O/c16-12-7-5-11(6-8-12)9-18-10-15(19)17-13-3-1-2-4-14(13)18/h1-8H,9-10H2,(H,17,19). The summed E-state index contributed by atoms with van der Waals surface area (Å²) in [5.74, 6) is 0.0210. The first-order chi connectivity index (χ1) is 9.22. The summed E-state index contributed by atoms with van der Waals surface area (Å²) in [4.78, 5) is 13.8. The van der Waals surface area contributed by atoms with Crippen LogP contribution in [0.1, 0.15) is 5.56 Å². The number of fused-ring (bicyclic) bond motifs is 1. The molecule has 4 heteroatoms. The molecule has 0 fully saturated rings. The van der Waals surface area contributed by atoms with E-state index < -0.39 is 0 Å². The van der Waals surface area contributed by atoms with E-state index in [1.165, 1.54) is 0 Å². The minimum atomic E-state index is 0.0210. The maximum absolute atomic E-state index is 11.7. The number of hydrogen-bond donors (Lipinski definition) is 1. The van der Waals surface area contributed by atoms with Crippen LogP contribution in [-0.2, 0) is 11.3 Å². The van der Waals surface area contributed by atoms with Crippen molar-refractivity contribution in [2.45, 2.75) is 6.54 Å². The van der Waals surface area contributed by atoms with E-state index in [1.54, 1.807) is 0 Å². The third-order valence-electron chi connectivity index (χ3n) is 3.14. The smallest absolute Gasteiger partial charge is 0.243 e. The molecule has 1 aliphatic heterocycles. The van der Waals surface area contributed by atoms with E-state index in [1.807, 2.05) is 48.5 Å². The Hall–Kier alpha value is -2.00. The molecule has 1 aliphatic rings. The molecule has 2 aromatic carbocycles. The summed E-state index contributed by atoms with van der Waals surface area (Å²) in [5.41, 5.74) is 3.05. The largest absolute Gasteiger partial charge is 0.356 e. The predicted molar refractivity (Wildman–Crippen MR) is 77.6 cm³/mol. The van der Waals surface area contributed by atoms with E-state index in [2.05, 4.69) is 10.2 Å². The Labute approximate surface area is 116 Å². The molecule has 0 atom stereocenters. The van der Waals surface area contributed by atoms with E-state index >= 15 is 0 Å². The van der Waals surface area contributed by atoms with Gasteiger partial charge in [0, 0.05) is 11.6 Å². The normalized spacial score (nSPS) is 13.9. The van der Waals surface area contributed by atoms with E-state index in [9.17, 15) is 4.79 Å². The number of rotatable bonds is 2. The van der Waals surface area contributed by atoms with Gasteiger partial charge in [-0.2, -0.15) is 0 Å². The van der Waals surface area contributed by atoms with Gasteiger partial charge >= 0.3 is 0 Å². The third kappa shape index (κ3) is 2.56. The molecule has 0 bridgehead atoms. The molecule has 2 aromatic rings. The summed E-state index contributed by atoms with van der Waals surface area (Å²) in [6.07, 6.45) is 0. The molecule has 1 heterocycles. The molecule has 3 nitrogen and oxygen atoms in total. The summed E-state index contributed by atoms with van der Waals surface area (Å²) in [5, 5.41) is 3.61. The lowest BCUT2D eigenvalue weighted by molar-refractivity contribution is -0.115. The molecule has 0 saturated carbocycles. The average molecular weight is 273 g/mol. The average Bonchev–Trinajstić information content (AvgIpc) is 2.41. The van der Waals surface area contributed by atoms with Gasteiger partial charge in [0.1, 0.15) is 0 Å². The number of nitrogens with zero attached hydrogens (tertiary/aromatic N) is 1. The van der Waals surface area contributed by atoms with Gasteiger partial charge in [0.25, 0.3) is 0 Å². The Morgan fingerprint density at radius 3 is 2.63 bits per heavy atom. The molecule has 0 aliphatic carbocycles. The lowest BCUT2D eigenvalue weighted by Crippen LogP contribution is -2.37. The summed E-state index contributed by atoms with van der Waals surface area (Å²) < 4.78 is 0. The van der Waals surface area contributed by atoms with Crippen LogP contribution in [0.4, 0.5) is 11.4 Å². The molecule has 1 amide bonds. The number of carbonyl (C=O) groups is 1. The second-order valence-electron chi connectivity index (χ2n) is 4.55. The van der Waals surface area contributed by atoms with Crippen molar-refractivity contribution in [2.75, 3.05) is 16.8 Å². The Kier molecular flexibility index (Phi) is 3.13. The second-order valence-corrected chi connectivity index (χ2v) is 4.98. The number of halogens is 1. The molecular formula is C15H13ClN2O. The highest BCUT2D eigenvalue weighted by molar-refractivity contribution is 6.30. The predicted octanol–water partition coefficient (Wildman–Crippen LogP) is 3.30. The van der Waals surface area contributed by atoms with Crippen LogP contribution in [0.3, 0.4) is 0 Å². The molecule has 0 saturated heterocycles. The van der Waals surface area contributed by atoms with E-state index in [0.717, 1.165) is 22.0 Å². The number of hydrogen-bond acceptors (Lipinski definition) is 2. The number of para-hydroxylation sites is 2. The van der Waals surface area contributed by atoms with Gasteiger partial charge < -0.3 is 10.2 Å². The van der Waals surface area contributed by atoms with Gasteiger partial charge in [-0.25, -0.2) is 0 Å². The van der Waals surface area contributed by atoms with Gasteiger partial charge in [0.15, 0.2) is 0 Å². The van der Waals surface area contributed by atoms with Crippen LogP contribution in [0.2, 0.25) is 5.02 Å². The van der Waals surface area contributed by atoms with Crippen molar-refractivity contribution in [2.24, 2.45) is 0 Å². The molecule has 96 valence electrons. The summed E-state index contributed by atoms with van der Waals surface area (Å²) >= 11 is 5.88.